The Kier molecular flexibility index (Phi) is 4.63. The predicted molar refractivity (Wildman–Crippen MR) is 102 cm³/mol. The zero-order chi connectivity index (χ0) is 20.5. The van der Waals surface area contributed by atoms with Gasteiger partial charge in [0.1, 0.15) is 30.0 Å². The summed E-state index contributed by atoms with van der Waals surface area (Å²) in [6, 6.07) is 11.6. The number of aryl methyl sites for hydroxylation is 1. The Bertz CT molecular complexity index is 1280. The molecule has 0 saturated heterocycles. The first-order valence-electron chi connectivity index (χ1n) is 8.68. The summed E-state index contributed by atoms with van der Waals surface area (Å²) < 4.78 is 29.0. The van der Waals surface area contributed by atoms with Gasteiger partial charge in [-0.25, -0.2) is 18.0 Å². The molecule has 0 radical (unpaired) electrons. The molecule has 146 valence electrons. The Hall–Kier alpha value is -3.88. The van der Waals surface area contributed by atoms with E-state index in [1.54, 1.807) is 37.3 Å². The van der Waals surface area contributed by atoms with E-state index in [0.717, 1.165) is 4.68 Å². The second kappa shape index (κ2) is 7.27. The molecule has 9 heteroatoms. The van der Waals surface area contributed by atoms with Gasteiger partial charge in [0.25, 0.3) is 5.56 Å². The molecule has 0 unspecified atom stereocenters. The smallest absolute Gasteiger partial charge is 0.293 e. The minimum Gasteiger partial charge on any atom is -0.324 e. The minimum absolute atomic E-state index is 0.216. The van der Waals surface area contributed by atoms with Gasteiger partial charge in [-0.15, -0.1) is 0 Å². The van der Waals surface area contributed by atoms with Crippen LogP contribution in [-0.4, -0.2) is 25.3 Å². The number of carbonyl (C=O) groups excluding carboxylic acids is 1. The number of benzene rings is 2. The molecular weight excluding hydrogens is 380 g/mol. The molecule has 7 nitrogen and oxygen atoms in total. The summed E-state index contributed by atoms with van der Waals surface area (Å²) in [5.74, 6) is -1.33. The maximum atomic E-state index is 13.6. The fourth-order valence-corrected chi connectivity index (χ4v) is 2.82. The Morgan fingerprint density at radius 3 is 2.59 bits per heavy atom. The van der Waals surface area contributed by atoms with Gasteiger partial charge in [-0.3, -0.25) is 9.59 Å². The highest BCUT2D eigenvalue weighted by Gasteiger charge is 2.13. The second-order valence-electron chi connectivity index (χ2n) is 6.47. The molecule has 2 heterocycles. The number of aromatic nitrogens is 4. The number of amides is 1. The number of anilines is 1. The van der Waals surface area contributed by atoms with Crippen LogP contribution in [0.15, 0.2) is 59.7 Å². The molecule has 1 amide bonds. The average molecular weight is 395 g/mol. The topological polar surface area (TPSA) is 81.3 Å². The van der Waals surface area contributed by atoms with E-state index in [4.69, 9.17) is 0 Å². The summed E-state index contributed by atoms with van der Waals surface area (Å²) >= 11 is 0. The van der Waals surface area contributed by atoms with Crippen molar-refractivity contribution < 1.29 is 13.6 Å². The number of hydrogen-bond acceptors (Lipinski definition) is 4. The number of nitrogens with one attached hydrogen (secondary N) is 1. The third-order valence-electron chi connectivity index (χ3n) is 4.38. The molecule has 2 aromatic carbocycles. The van der Waals surface area contributed by atoms with E-state index in [2.05, 4.69) is 15.5 Å². The highest BCUT2D eigenvalue weighted by Crippen LogP contribution is 2.18. The van der Waals surface area contributed by atoms with Gasteiger partial charge in [-0.1, -0.05) is 6.07 Å². The molecular formula is C20H15F2N5O2. The van der Waals surface area contributed by atoms with Gasteiger partial charge in [0.15, 0.2) is 0 Å². The highest BCUT2D eigenvalue weighted by atomic mass is 19.1. The Morgan fingerprint density at radius 1 is 1.10 bits per heavy atom. The molecule has 0 saturated carbocycles. The Labute approximate surface area is 163 Å². The van der Waals surface area contributed by atoms with Crippen molar-refractivity contribution in [2.24, 2.45) is 0 Å². The van der Waals surface area contributed by atoms with E-state index in [-0.39, 0.29) is 23.6 Å². The third kappa shape index (κ3) is 3.75. The van der Waals surface area contributed by atoms with Gasteiger partial charge < -0.3 is 5.32 Å². The summed E-state index contributed by atoms with van der Waals surface area (Å²) in [6.07, 6.45) is 1.31. The number of hydrogen-bond donors (Lipinski definition) is 1. The molecule has 29 heavy (non-hydrogen) atoms. The molecule has 0 fully saturated rings. The van der Waals surface area contributed by atoms with E-state index in [9.17, 15) is 18.4 Å². The molecule has 0 atom stereocenters. The molecule has 0 aliphatic rings. The van der Waals surface area contributed by atoms with Crippen LogP contribution in [0.3, 0.4) is 0 Å². The molecule has 1 N–H and O–H groups in total. The second-order valence-corrected chi connectivity index (χ2v) is 6.47. The molecule has 0 spiro atoms. The lowest BCUT2D eigenvalue weighted by atomic mass is 10.1. The maximum Gasteiger partial charge on any atom is 0.293 e. The van der Waals surface area contributed by atoms with E-state index >= 15 is 0 Å². The number of nitrogens with zero attached hydrogens (tertiary/aromatic N) is 4. The van der Waals surface area contributed by atoms with Crippen LogP contribution in [0.5, 0.6) is 0 Å². The van der Waals surface area contributed by atoms with E-state index in [0.29, 0.717) is 16.8 Å². The van der Waals surface area contributed by atoms with Crippen LogP contribution in [-0.2, 0) is 11.3 Å². The van der Waals surface area contributed by atoms with Crippen LogP contribution in [0.4, 0.5) is 14.5 Å². The molecule has 0 aliphatic carbocycles. The van der Waals surface area contributed by atoms with Gasteiger partial charge in [0, 0.05) is 11.3 Å². The standard InChI is InChI=1S/C20H15F2N5O2/c1-12-2-7-15(8-16(12)22)24-19(28)10-26-20(29)18-9-17(25-27(18)11-23-26)13-3-5-14(21)6-4-13/h2-9,11H,10H2,1H3,(H,24,28). The lowest BCUT2D eigenvalue weighted by Crippen LogP contribution is -2.30. The third-order valence-corrected chi connectivity index (χ3v) is 4.38. The van der Waals surface area contributed by atoms with Gasteiger partial charge in [0.2, 0.25) is 5.91 Å². The minimum atomic E-state index is -0.523. The van der Waals surface area contributed by atoms with Crippen molar-refractivity contribution in [1.82, 2.24) is 19.4 Å². The highest BCUT2D eigenvalue weighted by molar-refractivity contribution is 5.90. The maximum absolute atomic E-state index is 13.6. The van der Waals surface area contributed by atoms with E-state index in [1.165, 1.54) is 29.0 Å². The van der Waals surface area contributed by atoms with Crippen LogP contribution >= 0.6 is 0 Å². The van der Waals surface area contributed by atoms with Crippen molar-refractivity contribution >= 4 is 17.1 Å². The van der Waals surface area contributed by atoms with Gasteiger partial charge in [-0.2, -0.15) is 10.2 Å². The largest absolute Gasteiger partial charge is 0.324 e. The fourth-order valence-electron chi connectivity index (χ4n) is 2.82. The lowest BCUT2D eigenvalue weighted by Gasteiger charge is -2.07. The van der Waals surface area contributed by atoms with Crippen LogP contribution in [0.1, 0.15) is 5.56 Å². The van der Waals surface area contributed by atoms with Gasteiger partial charge in [-0.05, 0) is 55.0 Å². The summed E-state index contributed by atoms with van der Waals surface area (Å²) in [6.45, 7) is 1.27. The fraction of sp³-hybridized carbons (Fsp3) is 0.100. The van der Waals surface area contributed by atoms with Crippen LogP contribution in [0.25, 0.3) is 16.8 Å². The molecule has 4 rings (SSSR count). The summed E-state index contributed by atoms with van der Waals surface area (Å²) in [4.78, 5) is 24.9. The first-order chi connectivity index (χ1) is 13.9. The predicted octanol–water partition coefficient (Wildman–Crippen LogP) is 2.78. The molecule has 4 aromatic rings. The number of halogens is 2. The first kappa shape index (κ1) is 18.5. The molecule has 2 aromatic heterocycles. The van der Waals surface area contributed by atoms with Crippen molar-refractivity contribution in [2.75, 3.05) is 5.32 Å². The average Bonchev–Trinajstić information content (AvgIpc) is 3.13. The number of fused-ring (bicyclic) bond motifs is 1. The van der Waals surface area contributed by atoms with Crippen LogP contribution < -0.4 is 10.9 Å². The first-order valence-corrected chi connectivity index (χ1v) is 8.68. The van der Waals surface area contributed by atoms with Crippen LogP contribution in [0.2, 0.25) is 0 Å². The van der Waals surface area contributed by atoms with E-state index in [1.807, 2.05) is 0 Å². The van der Waals surface area contributed by atoms with E-state index < -0.39 is 17.3 Å². The van der Waals surface area contributed by atoms with Gasteiger partial charge >= 0.3 is 0 Å². The molecule has 0 bridgehead atoms. The van der Waals surface area contributed by atoms with Crippen molar-refractivity contribution in [2.45, 2.75) is 13.5 Å². The van der Waals surface area contributed by atoms with Crippen molar-refractivity contribution in [1.29, 1.82) is 0 Å². The summed E-state index contributed by atoms with van der Waals surface area (Å²) in [5, 5.41) is 10.7. The normalized spacial score (nSPS) is 11.0. The Balaban J connectivity index is 1.58. The van der Waals surface area contributed by atoms with Crippen molar-refractivity contribution in [3.8, 4) is 11.3 Å². The quantitative estimate of drug-likeness (QED) is 0.576. The van der Waals surface area contributed by atoms with Crippen molar-refractivity contribution in [3.63, 3.8) is 0 Å². The van der Waals surface area contributed by atoms with Crippen molar-refractivity contribution in [3.05, 3.63) is 82.4 Å². The molecule has 0 aliphatic heterocycles. The SMILES string of the molecule is Cc1ccc(NC(=O)Cn2ncn3nc(-c4ccc(F)cc4)cc3c2=O)cc1F. The van der Waals surface area contributed by atoms with Gasteiger partial charge in [0.05, 0.1) is 5.69 Å². The Morgan fingerprint density at radius 2 is 1.86 bits per heavy atom. The van der Waals surface area contributed by atoms with Crippen LogP contribution in [0, 0.1) is 18.6 Å². The monoisotopic (exact) mass is 395 g/mol. The summed E-state index contributed by atoms with van der Waals surface area (Å²) in [7, 11) is 0. The zero-order valence-corrected chi connectivity index (χ0v) is 15.3. The zero-order valence-electron chi connectivity index (χ0n) is 15.3. The lowest BCUT2D eigenvalue weighted by molar-refractivity contribution is -0.117. The number of rotatable bonds is 4. The number of carbonyl (C=O) groups is 1. The summed E-state index contributed by atoms with van der Waals surface area (Å²) in [5.41, 5.74) is 1.56.